The van der Waals surface area contributed by atoms with E-state index in [1.165, 1.54) is 11.3 Å². The molecule has 12 heteroatoms. The van der Waals surface area contributed by atoms with Crippen LogP contribution in [-0.2, 0) is 21.1 Å². The van der Waals surface area contributed by atoms with Gasteiger partial charge in [-0.15, -0.1) is 0 Å². The lowest BCUT2D eigenvalue weighted by Gasteiger charge is -2.20. The molecule has 2 aromatic heterocycles. The highest BCUT2D eigenvalue weighted by molar-refractivity contribution is 7.90. The lowest BCUT2D eigenvalue weighted by molar-refractivity contribution is -0.121. The van der Waals surface area contributed by atoms with E-state index in [0.717, 1.165) is 28.8 Å². The molecule has 0 aliphatic carbocycles. The van der Waals surface area contributed by atoms with Gasteiger partial charge in [0.25, 0.3) is 0 Å². The molecule has 0 saturated heterocycles. The highest BCUT2D eigenvalue weighted by Gasteiger charge is 2.29. The average Bonchev–Trinajstić information content (AvgIpc) is 3.04. The third kappa shape index (κ3) is 5.49. The van der Waals surface area contributed by atoms with Crippen LogP contribution in [0, 0.1) is 12.8 Å². The van der Waals surface area contributed by atoms with Crippen molar-refractivity contribution in [1.29, 1.82) is 0 Å². The molecule has 0 bridgehead atoms. The van der Waals surface area contributed by atoms with E-state index in [0.29, 0.717) is 15.7 Å². The summed E-state index contributed by atoms with van der Waals surface area (Å²) in [6.45, 7) is 3.42. The van der Waals surface area contributed by atoms with Crippen molar-refractivity contribution in [2.75, 3.05) is 23.6 Å². The van der Waals surface area contributed by atoms with Gasteiger partial charge in [-0.05, 0) is 30.5 Å². The van der Waals surface area contributed by atoms with Crippen LogP contribution in [0.15, 0.2) is 23.6 Å². The number of aryl methyl sites for hydroxylation is 2. The Hall–Kier alpha value is -2.53. The zero-order valence-corrected chi connectivity index (χ0v) is 17.4. The first-order valence-electron chi connectivity index (χ1n) is 8.35. The Balaban J connectivity index is 2.33. The number of nitrogens with two attached hydrogens (primary N) is 1. The maximum Gasteiger partial charge on any atom is 0.246 e. The summed E-state index contributed by atoms with van der Waals surface area (Å²) < 4.78 is 23.2. The number of carbonyl (C=O) groups excluding carboxylic acids is 1. The molecule has 2 aromatic rings. The molecule has 150 valence electrons. The summed E-state index contributed by atoms with van der Waals surface area (Å²) in [6.07, 6.45) is 5.28. The Morgan fingerprint density at radius 3 is 2.79 bits per heavy atom. The second kappa shape index (κ2) is 9.11. The molecule has 0 spiro atoms. The van der Waals surface area contributed by atoms with Gasteiger partial charge in [0.1, 0.15) is 19.8 Å². The fourth-order valence-corrected chi connectivity index (χ4v) is 4.49. The third-order valence-electron chi connectivity index (χ3n) is 3.90. The van der Waals surface area contributed by atoms with Crippen LogP contribution in [0.4, 0.5) is 5.00 Å². The number of aromatic nitrogens is 2. The molecule has 10 nitrogen and oxygen atoms in total. The SMILES string of the molecule is CCc1cncc(-c2nc(C)c(N(N)C(=O)C(CN=[N+]=[N-])CS(C)(=O)=O)s2)c1. The Bertz CT molecular complexity index is 1010. The number of sulfone groups is 1. The number of carbonyl (C=O) groups is 1. The smallest absolute Gasteiger partial charge is 0.246 e. The van der Waals surface area contributed by atoms with Crippen molar-refractivity contribution < 1.29 is 13.2 Å². The quantitative estimate of drug-likeness (QED) is 0.171. The zero-order valence-electron chi connectivity index (χ0n) is 15.7. The maximum atomic E-state index is 12.7. The van der Waals surface area contributed by atoms with Crippen molar-refractivity contribution in [3.05, 3.63) is 40.2 Å². The molecule has 0 saturated carbocycles. The number of pyridine rings is 1. The van der Waals surface area contributed by atoms with Gasteiger partial charge in [-0.25, -0.2) is 24.3 Å². The molecule has 1 atom stereocenters. The summed E-state index contributed by atoms with van der Waals surface area (Å²) >= 11 is 1.20. The van der Waals surface area contributed by atoms with Crippen LogP contribution >= 0.6 is 11.3 Å². The van der Waals surface area contributed by atoms with Gasteiger partial charge in [0.2, 0.25) is 5.91 Å². The predicted octanol–water partition coefficient (Wildman–Crippen LogP) is 2.25. The van der Waals surface area contributed by atoms with Gasteiger partial charge in [-0.2, -0.15) is 0 Å². The van der Waals surface area contributed by atoms with Gasteiger partial charge in [0, 0.05) is 35.7 Å². The minimum Gasteiger partial charge on any atom is -0.273 e. The van der Waals surface area contributed by atoms with Gasteiger partial charge >= 0.3 is 0 Å². The maximum absolute atomic E-state index is 12.7. The normalized spacial score (nSPS) is 12.3. The van der Waals surface area contributed by atoms with Gasteiger partial charge in [-0.1, -0.05) is 23.4 Å². The van der Waals surface area contributed by atoms with Crippen LogP contribution in [0.3, 0.4) is 0 Å². The topological polar surface area (TPSA) is 155 Å². The van der Waals surface area contributed by atoms with Crippen molar-refractivity contribution >= 4 is 32.1 Å². The third-order valence-corrected chi connectivity index (χ3v) is 6.11. The van der Waals surface area contributed by atoms with Gasteiger partial charge < -0.3 is 0 Å². The Kier molecular flexibility index (Phi) is 7.08. The van der Waals surface area contributed by atoms with Crippen LogP contribution in [0.5, 0.6) is 0 Å². The summed E-state index contributed by atoms with van der Waals surface area (Å²) in [5.41, 5.74) is 10.9. The molecule has 28 heavy (non-hydrogen) atoms. The second-order valence-electron chi connectivity index (χ2n) is 6.26. The van der Waals surface area contributed by atoms with E-state index in [-0.39, 0.29) is 6.54 Å². The lowest BCUT2D eigenvalue weighted by Crippen LogP contribution is -2.44. The van der Waals surface area contributed by atoms with Gasteiger partial charge in [-0.3, -0.25) is 9.78 Å². The molecule has 0 aliphatic heterocycles. The van der Waals surface area contributed by atoms with E-state index in [2.05, 4.69) is 20.0 Å². The van der Waals surface area contributed by atoms with Crippen molar-refractivity contribution in [3.63, 3.8) is 0 Å². The minimum absolute atomic E-state index is 0.302. The highest BCUT2D eigenvalue weighted by Crippen LogP contribution is 2.34. The predicted molar refractivity (Wildman–Crippen MR) is 108 cm³/mol. The molecule has 1 unspecified atom stereocenters. The summed E-state index contributed by atoms with van der Waals surface area (Å²) in [4.78, 5) is 24.0. The summed E-state index contributed by atoms with van der Waals surface area (Å²) in [5, 5.41) is 5.26. The molecular formula is C16H21N7O3S2. The van der Waals surface area contributed by atoms with Crippen molar-refractivity contribution in [2.24, 2.45) is 16.9 Å². The molecular weight excluding hydrogens is 402 g/mol. The number of azide groups is 1. The first-order valence-corrected chi connectivity index (χ1v) is 11.2. The van der Waals surface area contributed by atoms with Gasteiger partial charge in [0.15, 0.2) is 0 Å². The molecule has 0 aromatic carbocycles. The number of hydrazine groups is 1. The number of amides is 1. The number of hydrogen-bond donors (Lipinski definition) is 1. The van der Waals surface area contributed by atoms with Crippen LogP contribution in [0.2, 0.25) is 0 Å². The summed E-state index contributed by atoms with van der Waals surface area (Å²) in [5.74, 6) is 3.79. The average molecular weight is 424 g/mol. The van der Waals surface area contributed by atoms with Crippen LogP contribution in [0.1, 0.15) is 18.2 Å². The van der Waals surface area contributed by atoms with Crippen molar-refractivity contribution in [3.8, 4) is 10.6 Å². The minimum atomic E-state index is -3.48. The fraction of sp³-hybridized carbons (Fsp3) is 0.438. The Morgan fingerprint density at radius 2 is 2.18 bits per heavy atom. The van der Waals surface area contributed by atoms with Gasteiger partial charge in [0.05, 0.1) is 17.4 Å². The molecule has 1 amide bonds. The molecule has 2 N–H and O–H groups in total. The van der Waals surface area contributed by atoms with E-state index in [4.69, 9.17) is 11.4 Å². The van der Waals surface area contributed by atoms with Crippen molar-refractivity contribution in [1.82, 2.24) is 9.97 Å². The van der Waals surface area contributed by atoms with Crippen LogP contribution in [-0.4, -0.2) is 42.8 Å². The fourth-order valence-electron chi connectivity index (χ4n) is 2.53. The monoisotopic (exact) mass is 423 g/mol. The molecule has 2 heterocycles. The lowest BCUT2D eigenvalue weighted by atomic mass is 10.1. The summed E-state index contributed by atoms with van der Waals surface area (Å²) in [7, 11) is -3.48. The van der Waals surface area contributed by atoms with E-state index >= 15 is 0 Å². The largest absolute Gasteiger partial charge is 0.273 e. The summed E-state index contributed by atoms with van der Waals surface area (Å²) in [6, 6.07) is 1.96. The zero-order chi connectivity index (χ0) is 20.9. The number of anilines is 1. The van der Waals surface area contributed by atoms with E-state index < -0.39 is 27.4 Å². The first kappa shape index (κ1) is 21.8. The molecule has 0 radical (unpaired) electrons. The first-order chi connectivity index (χ1) is 13.2. The Morgan fingerprint density at radius 1 is 1.46 bits per heavy atom. The standard InChI is InChI=1S/C16H21N7O3S2/c1-4-11-5-12(7-19-6-11)14-21-10(2)16(27-14)23(18)15(24)13(8-20-22-17)9-28(3,25)26/h5-7,13H,4,8-9,18H2,1-3H3. The molecule has 2 rings (SSSR count). The van der Waals surface area contributed by atoms with E-state index in [1.54, 1.807) is 19.3 Å². The van der Waals surface area contributed by atoms with E-state index in [9.17, 15) is 13.2 Å². The van der Waals surface area contributed by atoms with E-state index in [1.807, 2.05) is 13.0 Å². The van der Waals surface area contributed by atoms with Crippen molar-refractivity contribution in [2.45, 2.75) is 20.3 Å². The highest BCUT2D eigenvalue weighted by atomic mass is 32.2. The van der Waals surface area contributed by atoms with Crippen LogP contribution < -0.4 is 10.9 Å². The number of hydrogen-bond acceptors (Lipinski definition) is 8. The molecule has 0 aliphatic rings. The van der Waals surface area contributed by atoms with Crippen LogP contribution in [0.25, 0.3) is 21.0 Å². The number of nitrogens with zero attached hydrogens (tertiary/aromatic N) is 6. The molecule has 0 fully saturated rings. The number of rotatable bonds is 8. The number of thiazole rings is 1. The second-order valence-corrected chi connectivity index (χ2v) is 9.42. The Labute approximate surface area is 166 Å².